The Balaban J connectivity index is 1.71. The average Bonchev–Trinajstić information content (AvgIpc) is 3.12. The summed E-state index contributed by atoms with van der Waals surface area (Å²) in [7, 11) is 3.22. The van der Waals surface area contributed by atoms with E-state index in [4.69, 9.17) is 4.74 Å². The van der Waals surface area contributed by atoms with Crippen molar-refractivity contribution in [3.63, 3.8) is 0 Å². The number of ether oxygens (including phenoxy) is 1. The normalized spacial score (nSPS) is 15.9. The third-order valence-electron chi connectivity index (χ3n) is 4.68. The fraction of sp³-hybridized carbons (Fsp3) is 0.474. The van der Waals surface area contributed by atoms with E-state index in [-0.39, 0.29) is 24.3 Å². The van der Waals surface area contributed by atoms with Crippen LogP contribution in [0.5, 0.6) is 0 Å². The summed E-state index contributed by atoms with van der Waals surface area (Å²) in [5.41, 5.74) is 0.982. The summed E-state index contributed by atoms with van der Waals surface area (Å²) < 4.78 is 6.93. The molecular weight excluding hydrogens is 346 g/mol. The van der Waals surface area contributed by atoms with Gasteiger partial charge >= 0.3 is 0 Å². The molecular formula is C19H25N5O3. The molecule has 0 fully saturated rings. The number of benzene rings is 1. The highest BCUT2D eigenvalue weighted by Crippen LogP contribution is 2.31. The Kier molecular flexibility index (Phi) is 6.18. The molecule has 2 heterocycles. The molecule has 3 rings (SSSR count). The van der Waals surface area contributed by atoms with E-state index in [1.165, 1.54) is 4.90 Å². The summed E-state index contributed by atoms with van der Waals surface area (Å²) in [5.74, 6) is 0.773. The van der Waals surface area contributed by atoms with Gasteiger partial charge in [0.05, 0.1) is 19.1 Å². The van der Waals surface area contributed by atoms with E-state index in [0.29, 0.717) is 25.4 Å². The Morgan fingerprint density at radius 2 is 2.07 bits per heavy atom. The SMILES string of the molecule is COCCNC(=O)CN(C)C(=O)C1CCCn2c(-c3ccccc3)nnc21. The van der Waals surface area contributed by atoms with Crippen molar-refractivity contribution in [3.8, 4) is 11.4 Å². The Morgan fingerprint density at radius 3 is 2.81 bits per heavy atom. The first-order valence-electron chi connectivity index (χ1n) is 9.11. The number of carbonyl (C=O) groups is 2. The molecule has 0 radical (unpaired) electrons. The first kappa shape index (κ1) is 19.0. The van der Waals surface area contributed by atoms with Crippen LogP contribution in [0.3, 0.4) is 0 Å². The highest BCUT2D eigenvalue weighted by molar-refractivity contribution is 5.88. The van der Waals surface area contributed by atoms with Crippen LogP contribution >= 0.6 is 0 Å². The zero-order valence-corrected chi connectivity index (χ0v) is 15.7. The third-order valence-corrected chi connectivity index (χ3v) is 4.68. The summed E-state index contributed by atoms with van der Waals surface area (Å²) in [4.78, 5) is 26.3. The molecule has 2 amide bonds. The molecule has 144 valence electrons. The maximum Gasteiger partial charge on any atom is 0.239 e. The largest absolute Gasteiger partial charge is 0.383 e. The fourth-order valence-electron chi connectivity index (χ4n) is 3.32. The van der Waals surface area contributed by atoms with Gasteiger partial charge in [-0.1, -0.05) is 30.3 Å². The monoisotopic (exact) mass is 371 g/mol. The number of rotatable bonds is 7. The van der Waals surface area contributed by atoms with Gasteiger partial charge in [0.15, 0.2) is 5.82 Å². The Hall–Kier alpha value is -2.74. The molecule has 1 N–H and O–H groups in total. The van der Waals surface area contributed by atoms with Crippen molar-refractivity contribution >= 4 is 11.8 Å². The number of amides is 2. The van der Waals surface area contributed by atoms with E-state index in [1.807, 2.05) is 34.9 Å². The van der Waals surface area contributed by atoms with Crippen LogP contribution in [0, 0.1) is 0 Å². The Bertz CT molecular complexity index is 790. The number of hydrogen-bond donors (Lipinski definition) is 1. The highest BCUT2D eigenvalue weighted by Gasteiger charge is 2.33. The van der Waals surface area contributed by atoms with Crippen LogP contribution in [-0.2, 0) is 20.9 Å². The molecule has 1 aromatic carbocycles. The molecule has 0 saturated carbocycles. The molecule has 1 unspecified atom stereocenters. The van der Waals surface area contributed by atoms with E-state index in [1.54, 1.807) is 14.2 Å². The van der Waals surface area contributed by atoms with Crippen LogP contribution in [0.1, 0.15) is 24.6 Å². The molecule has 8 heteroatoms. The van der Waals surface area contributed by atoms with Gasteiger partial charge in [0.2, 0.25) is 11.8 Å². The van der Waals surface area contributed by atoms with Crippen molar-refractivity contribution < 1.29 is 14.3 Å². The minimum absolute atomic E-state index is 0.0126. The second-order valence-corrected chi connectivity index (χ2v) is 6.63. The van der Waals surface area contributed by atoms with Gasteiger partial charge in [-0.3, -0.25) is 9.59 Å². The van der Waals surface area contributed by atoms with Gasteiger partial charge in [0, 0.05) is 32.8 Å². The van der Waals surface area contributed by atoms with Crippen molar-refractivity contribution in [1.82, 2.24) is 25.0 Å². The number of aromatic nitrogens is 3. The van der Waals surface area contributed by atoms with E-state index in [0.717, 1.165) is 24.4 Å². The maximum absolute atomic E-state index is 12.9. The van der Waals surface area contributed by atoms with Crippen LogP contribution < -0.4 is 5.32 Å². The summed E-state index contributed by atoms with van der Waals surface area (Å²) in [6.07, 6.45) is 1.58. The fourth-order valence-corrected chi connectivity index (χ4v) is 3.32. The minimum Gasteiger partial charge on any atom is -0.383 e. The smallest absolute Gasteiger partial charge is 0.239 e. The lowest BCUT2D eigenvalue weighted by Gasteiger charge is -2.27. The number of likely N-dealkylation sites (N-methyl/N-ethyl adjacent to an activating group) is 1. The van der Waals surface area contributed by atoms with E-state index >= 15 is 0 Å². The van der Waals surface area contributed by atoms with Crippen molar-refractivity contribution in [1.29, 1.82) is 0 Å². The van der Waals surface area contributed by atoms with Crippen molar-refractivity contribution in [3.05, 3.63) is 36.2 Å². The first-order chi connectivity index (χ1) is 13.1. The second kappa shape index (κ2) is 8.77. The molecule has 0 bridgehead atoms. The molecule has 1 aliphatic rings. The van der Waals surface area contributed by atoms with Crippen LogP contribution in [0.2, 0.25) is 0 Å². The van der Waals surface area contributed by atoms with Gasteiger partial charge in [0.25, 0.3) is 0 Å². The Labute approximate surface area is 158 Å². The lowest BCUT2D eigenvalue weighted by atomic mass is 9.97. The Morgan fingerprint density at radius 1 is 1.30 bits per heavy atom. The van der Waals surface area contributed by atoms with Gasteiger partial charge in [0.1, 0.15) is 5.82 Å². The summed E-state index contributed by atoms with van der Waals surface area (Å²) >= 11 is 0. The minimum atomic E-state index is -0.375. The molecule has 8 nitrogen and oxygen atoms in total. The quantitative estimate of drug-likeness (QED) is 0.735. The number of methoxy groups -OCH3 is 1. The molecule has 1 aliphatic heterocycles. The predicted molar refractivity (Wildman–Crippen MR) is 100.0 cm³/mol. The zero-order valence-electron chi connectivity index (χ0n) is 15.7. The number of carbonyl (C=O) groups excluding carboxylic acids is 2. The molecule has 27 heavy (non-hydrogen) atoms. The summed E-state index contributed by atoms with van der Waals surface area (Å²) in [6.45, 7) is 1.67. The standard InChI is InChI=1S/C19H25N5O3/c1-23(13-16(25)20-10-12-27-2)19(26)15-9-6-11-24-17(21-22-18(15)24)14-7-4-3-5-8-14/h3-5,7-8,15H,6,9-13H2,1-2H3,(H,20,25). The van der Waals surface area contributed by atoms with Gasteiger partial charge in [-0.2, -0.15) is 0 Å². The van der Waals surface area contributed by atoms with Crippen molar-refractivity contribution in [2.24, 2.45) is 0 Å². The van der Waals surface area contributed by atoms with Crippen molar-refractivity contribution in [2.75, 3.05) is 33.9 Å². The van der Waals surface area contributed by atoms with E-state index < -0.39 is 0 Å². The van der Waals surface area contributed by atoms with Crippen LogP contribution in [0.4, 0.5) is 0 Å². The second-order valence-electron chi connectivity index (χ2n) is 6.63. The number of fused-ring (bicyclic) bond motifs is 1. The lowest BCUT2D eigenvalue weighted by molar-refractivity contribution is -0.136. The summed E-state index contributed by atoms with van der Waals surface area (Å²) in [6, 6.07) is 9.84. The van der Waals surface area contributed by atoms with Crippen molar-refractivity contribution in [2.45, 2.75) is 25.3 Å². The number of nitrogens with one attached hydrogen (secondary N) is 1. The topological polar surface area (TPSA) is 89.4 Å². The zero-order chi connectivity index (χ0) is 19.2. The number of hydrogen-bond acceptors (Lipinski definition) is 5. The maximum atomic E-state index is 12.9. The molecule has 0 spiro atoms. The molecule has 0 aliphatic carbocycles. The predicted octanol–water partition coefficient (Wildman–Crippen LogP) is 1.04. The molecule has 1 aromatic heterocycles. The van der Waals surface area contributed by atoms with Gasteiger partial charge in [-0.15, -0.1) is 10.2 Å². The molecule has 1 atom stereocenters. The van der Waals surface area contributed by atoms with Crippen LogP contribution in [-0.4, -0.2) is 65.3 Å². The average molecular weight is 371 g/mol. The van der Waals surface area contributed by atoms with Crippen LogP contribution in [0.25, 0.3) is 11.4 Å². The molecule has 2 aromatic rings. The number of nitrogens with zero attached hydrogens (tertiary/aromatic N) is 4. The van der Waals surface area contributed by atoms with Crippen LogP contribution in [0.15, 0.2) is 30.3 Å². The third kappa shape index (κ3) is 4.33. The van der Waals surface area contributed by atoms with E-state index in [9.17, 15) is 9.59 Å². The van der Waals surface area contributed by atoms with Gasteiger partial charge in [-0.05, 0) is 12.8 Å². The van der Waals surface area contributed by atoms with Gasteiger partial charge < -0.3 is 19.5 Å². The van der Waals surface area contributed by atoms with Gasteiger partial charge in [-0.25, -0.2) is 0 Å². The van der Waals surface area contributed by atoms with E-state index in [2.05, 4.69) is 15.5 Å². The lowest BCUT2D eigenvalue weighted by Crippen LogP contribution is -2.42. The molecule has 0 saturated heterocycles. The first-order valence-corrected chi connectivity index (χ1v) is 9.11. The summed E-state index contributed by atoms with van der Waals surface area (Å²) in [5, 5.41) is 11.4. The highest BCUT2D eigenvalue weighted by atomic mass is 16.5.